The zero-order valence-electron chi connectivity index (χ0n) is 13.2. The molecule has 3 rings (SSSR count). The molecule has 2 N–H and O–H groups in total. The topological polar surface area (TPSA) is 70.2 Å². The van der Waals surface area contributed by atoms with Gasteiger partial charge in [-0.25, -0.2) is 0 Å². The van der Waals surface area contributed by atoms with Crippen molar-refractivity contribution in [3.05, 3.63) is 17.0 Å². The van der Waals surface area contributed by atoms with Gasteiger partial charge in [0.15, 0.2) is 5.69 Å². The standard InChI is InChI=1S/C15H24N4O2/c1-9-7-11-12(10(2)21-9)17-18-13(11)14(20)16-15(5-6-15)8-19(3)4/h9-10H,5-8H2,1-4H3,(H,16,20)(H,17,18)/t9-,10+/m1/s1. The third-order valence-corrected chi connectivity index (χ3v) is 4.30. The minimum atomic E-state index is -0.0619. The van der Waals surface area contributed by atoms with Crippen LogP contribution in [-0.4, -0.2) is 53.3 Å². The molecule has 1 aromatic rings. The highest BCUT2D eigenvalue weighted by molar-refractivity contribution is 5.94. The Balaban J connectivity index is 1.77. The van der Waals surface area contributed by atoms with E-state index in [0.717, 1.165) is 37.1 Å². The monoisotopic (exact) mass is 292 g/mol. The van der Waals surface area contributed by atoms with Gasteiger partial charge in [-0.1, -0.05) is 0 Å². The molecule has 2 heterocycles. The lowest BCUT2D eigenvalue weighted by atomic mass is 9.99. The van der Waals surface area contributed by atoms with Crippen LogP contribution in [0.4, 0.5) is 0 Å². The van der Waals surface area contributed by atoms with Gasteiger partial charge in [0.25, 0.3) is 5.91 Å². The SMILES string of the molecule is C[C@@H]1Cc2c(C(=O)NC3(CN(C)C)CC3)n[nH]c2[C@H](C)O1. The lowest BCUT2D eigenvalue weighted by Crippen LogP contribution is -2.44. The minimum Gasteiger partial charge on any atom is -0.369 e. The van der Waals surface area contributed by atoms with Gasteiger partial charge in [0.1, 0.15) is 0 Å². The number of hydrogen-bond acceptors (Lipinski definition) is 4. The molecule has 1 amide bonds. The average Bonchev–Trinajstić information content (AvgIpc) is 2.97. The summed E-state index contributed by atoms with van der Waals surface area (Å²) in [7, 11) is 4.06. The van der Waals surface area contributed by atoms with Crippen molar-refractivity contribution in [2.45, 2.75) is 50.9 Å². The van der Waals surface area contributed by atoms with Crippen molar-refractivity contribution in [1.29, 1.82) is 0 Å². The molecule has 1 aliphatic carbocycles. The molecule has 1 fully saturated rings. The van der Waals surface area contributed by atoms with E-state index >= 15 is 0 Å². The Bertz CT molecular complexity index is 548. The van der Waals surface area contributed by atoms with Crippen LogP contribution in [-0.2, 0) is 11.2 Å². The largest absolute Gasteiger partial charge is 0.369 e. The number of aromatic nitrogens is 2. The fourth-order valence-corrected chi connectivity index (χ4v) is 3.24. The number of carbonyl (C=O) groups is 1. The molecule has 0 radical (unpaired) electrons. The predicted molar refractivity (Wildman–Crippen MR) is 79.2 cm³/mol. The number of hydrogen-bond donors (Lipinski definition) is 2. The zero-order chi connectivity index (χ0) is 15.2. The second kappa shape index (κ2) is 5.10. The molecule has 0 bridgehead atoms. The Morgan fingerprint density at radius 3 is 2.81 bits per heavy atom. The summed E-state index contributed by atoms with van der Waals surface area (Å²) in [5.41, 5.74) is 2.43. The van der Waals surface area contributed by atoms with Crippen LogP contribution in [0.3, 0.4) is 0 Å². The summed E-state index contributed by atoms with van der Waals surface area (Å²) in [4.78, 5) is 14.7. The van der Waals surface area contributed by atoms with E-state index in [-0.39, 0.29) is 23.7 Å². The van der Waals surface area contributed by atoms with Gasteiger partial charge >= 0.3 is 0 Å². The van der Waals surface area contributed by atoms with E-state index in [1.54, 1.807) is 0 Å². The highest BCUT2D eigenvalue weighted by Gasteiger charge is 2.45. The maximum Gasteiger partial charge on any atom is 0.272 e. The van der Waals surface area contributed by atoms with E-state index in [4.69, 9.17) is 4.74 Å². The number of fused-ring (bicyclic) bond motifs is 1. The predicted octanol–water partition coefficient (Wildman–Crippen LogP) is 1.26. The van der Waals surface area contributed by atoms with Crippen molar-refractivity contribution in [2.24, 2.45) is 0 Å². The third-order valence-electron chi connectivity index (χ3n) is 4.30. The van der Waals surface area contributed by atoms with Gasteiger partial charge in [-0.3, -0.25) is 9.89 Å². The van der Waals surface area contributed by atoms with Crippen LogP contribution in [0.2, 0.25) is 0 Å². The van der Waals surface area contributed by atoms with Crippen LogP contribution in [0, 0.1) is 0 Å². The molecule has 0 aromatic carbocycles. The minimum absolute atomic E-state index is 0.0329. The van der Waals surface area contributed by atoms with Crippen LogP contribution < -0.4 is 5.32 Å². The summed E-state index contributed by atoms with van der Waals surface area (Å²) in [5.74, 6) is -0.0619. The molecule has 2 atom stereocenters. The van der Waals surface area contributed by atoms with Gasteiger partial charge < -0.3 is 15.0 Å². The van der Waals surface area contributed by atoms with Crippen LogP contribution in [0.1, 0.15) is 54.5 Å². The van der Waals surface area contributed by atoms with Gasteiger partial charge in [0, 0.05) is 18.5 Å². The quantitative estimate of drug-likeness (QED) is 0.876. The average molecular weight is 292 g/mol. The lowest BCUT2D eigenvalue weighted by Gasteiger charge is -2.25. The zero-order valence-corrected chi connectivity index (χ0v) is 13.2. The summed E-state index contributed by atoms with van der Waals surface area (Å²) in [6.07, 6.45) is 2.90. The van der Waals surface area contributed by atoms with Crippen molar-refractivity contribution in [2.75, 3.05) is 20.6 Å². The highest BCUT2D eigenvalue weighted by Crippen LogP contribution is 2.36. The first-order valence-corrected chi connectivity index (χ1v) is 7.60. The fourth-order valence-electron chi connectivity index (χ4n) is 3.24. The first-order chi connectivity index (χ1) is 9.90. The number of ether oxygens (including phenoxy) is 1. The summed E-state index contributed by atoms with van der Waals surface area (Å²) in [6.45, 7) is 4.90. The van der Waals surface area contributed by atoms with Crippen molar-refractivity contribution in [3.63, 3.8) is 0 Å². The molecule has 2 aliphatic rings. The molecule has 0 saturated heterocycles. The third kappa shape index (κ3) is 2.82. The highest BCUT2D eigenvalue weighted by atomic mass is 16.5. The molecule has 6 heteroatoms. The van der Waals surface area contributed by atoms with E-state index in [0.29, 0.717) is 5.69 Å². The van der Waals surface area contributed by atoms with Gasteiger partial charge in [-0.2, -0.15) is 5.10 Å². The molecular weight excluding hydrogens is 268 g/mol. The number of H-pyrrole nitrogens is 1. The number of rotatable bonds is 4. The Labute approximate surface area is 125 Å². The smallest absolute Gasteiger partial charge is 0.272 e. The van der Waals surface area contributed by atoms with Crippen LogP contribution in [0.25, 0.3) is 0 Å². The Morgan fingerprint density at radius 2 is 2.19 bits per heavy atom. The number of likely N-dealkylation sites (N-methyl/N-ethyl adjacent to an activating group) is 1. The number of nitrogens with one attached hydrogen (secondary N) is 2. The Hall–Kier alpha value is -1.40. The molecular formula is C15H24N4O2. The molecule has 116 valence electrons. The molecule has 0 unspecified atom stereocenters. The van der Waals surface area contributed by atoms with E-state index in [2.05, 4.69) is 20.4 Å². The van der Waals surface area contributed by atoms with E-state index in [1.165, 1.54) is 0 Å². The first kappa shape index (κ1) is 14.5. The summed E-state index contributed by atoms with van der Waals surface area (Å²) in [6, 6.07) is 0. The molecule has 1 aliphatic heterocycles. The van der Waals surface area contributed by atoms with Crippen molar-refractivity contribution < 1.29 is 9.53 Å². The van der Waals surface area contributed by atoms with Gasteiger partial charge in [0.05, 0.1) is 23.4 Å². The molecule has 21 heavy (non-hydrogen) atoms. The van der Waals surface area contributed by atoms with Crippen molar-refractivity contribution in [1.82, 2.24) is 20.4 Å². The van der Waals surface area contributed by atoms with Gasteiger partial charge in [-0.05, 0) is 40.8 Å². The van der Waals surface area contributed by atoms with Crippen molar-refractivity contribution in [3.8, 4) is 0 Å². The number of amides is 1. The second-order valence-corrected chi connectivity index (χ2v) is 6.73. The van der Waals surface area contributed by atoms with Crippen LogP contribution >= 0.6 is 0 Å². The molecule has 6 nitrogen and oxygen atoms in total. The Kier molecular flexibility index (Phi) is 3.53. The fraction of sp³-hybridized carbons (Fsp3) is 0.733. The maximum absolute atomic E-state index is 12.6. The van der Waals surface area contributed by atoms with E-state index in [9.17, 15) is 4.79 Å². The van der Waals surface area contributed by atoms with Crippen molar-refractivity contribution >= 4 is 5.91 Å². The van der Waals surface area contributed by atoms with Gasteiger partial charge in [0.2, 0.25) is 0 Å². The van der Waals surface area contributed by atoms with E-state index in [1.807, 2.05) is 27.9 Å². The number of nitrogens with zero attached hydrogens (tertiary/aromatic N) is 2. The summed E-state index contributed by atoms with van der Waals surface area (Å²) >= 11 is 0. The summed E-state index contributed by atoms with van der Waals surface area (Å²) < 4.78 is 5.76. The number of carbonyl (C=O) groups excluding carboxylic acids is 1. The van der Waals surface area contributed by atoms with E-state index < -0.39 is 0 Å². The first-order valence-electron chi connectivity index (χ1n) is 7.60. The second-order valence-electron chi connectivity index (χ2n) is 6.73. The van der Waals surface area contributed by atoms with Crippen LogP contribution in [0.15, 0.2) is 0 Å². The normalized spacial score (nSPS) is 26.5. The lowest BCUT2D eigenvalue weighted by molar-refractivity contribution is -0.00697. The molecule has 1 aromatic heterocycles. The summed E-state index contributed by atoms with van der Waals surface area (Å²) in [5, 5.41) is 10.4. The maximum atomic E-state index is 12.6. The Morgan fingerprint density at radius 1 is 1.48 bits per heavy atom. The number of aromatic amines is 1. The molecule has 0 spiro atoms. The molecule has 1 saturated carbocycles. The van der Waals surface area contributed by atoms with Gasteiger partial charge in [-0.15, -0.1) is 0 Å². The van der Waals surface area contributed by atoms with Crippen LogP contribution in [0.5, 0.6) is 0 Å².